The first-order chi connectivity index (χ1) is 21.7. The number of ether oxygens (including phenoxy) is 1. The summed E-state index contributed by atoms with van der Waals surface area (Å²) in [7, 11) is 0. The number of benzene rings is 1. The number of fused-ring (bicyclic) bond motifs is 3. The van der Waals surface area contributed by atoms with Crippen molar-refractivity contribution in [2.45, 2.75) is 50.4 Å². The lowest BCUT2D eigenvalue weighted by Crippen LogP contribution is -2.51. The predicted octanol–water partition coefficient (Wildman–Crippen LogP) is 5.15. The van der Waals surface area contributed by atoms with Gasteiger partial charge in [0.15, 0.2) is 5.82 Å². The van der Waals surface area contributed by atoms with E-state index in [-0.39, 0.29) is 35.1 Å². The maximum Gasteiger partial charge on any atom is 0.319 e. The lowest BCUT2D eigenvalue weighted by molar-refractivity contribution is 0.107. The largest absolute Gasteiger partial charge is 0.461 e. The molecule has 0 saturated carbocycles. The molecule has 3 aromatic heterocycles. The molecule has 3 aliphatic heterocycles. The molecule has 0 amide bonds. The van der Waals surface area contributed by atoms with Crippen LogP contribution in [-0.2, 0) is 0 Å². The summed E-state index contributed by atoms with van der Waals surface area (Å²) in [4.78, 5) is 18.8. The summed E-state index contributed by atoms with van der Waals surface area (Å²) in [6, 6.07) is 7.71. The minimum absolute atomic E-state index is 0.0211. The second-order valence-corrected chi connectivity index (χ2v) is 12.8. The molecule has 3 atom stereocenters. The minimum Gasteiger partial charge on any atom is -0.461 e. The smallest absolute Gasteiger partial charge is 0.319 e. The molecular weight excluding hydrogens is 620 g/mol. The van der Waals surface area contributed by atoms with Crippen LogP contribution in [0.5, 0.6) is 6.01 Å². The van der Waals surface area contributed by atoms with Crippen LogP contribution in [-0.4, -0.2) is 76.9 Å². The van der Waals surface area contributed by atoms with Crippen LogP contribution >= 0.6 is 23.2 Å². The molecule has 3 N–H and O–H groups in total. The highest BCUT2D eigenvalue weighted by Crippen LogP contribution is 2.45. The molecular formula is C31H30Cl2FN9O2. The number of furan rings is 1. The number of nitrogens with two attached hydrogens (primary N) is 1. The number of alkyl halides is 1. The highest BCUT2D eigenvalue weighted by Gasteiger charge is 2.49. The van der Waals surface area contributed by atoms with E-state index in [1.54, 1.807) is 12.1 Å². The molecule has 3 fully saturated rings. The zero-order valence-electron chi connectivity index (χ0n) is 24.5. The van der Waals surface area contributed by atoms with Gasteiger partial charge in [-0.3, -0.25) is 4.90 Å². The molecule has 6 heterocycles. The molecule has 0 aliphatic carbocycles. The highest BCUT2D eigenvalue weighted by atomic mass is 35.5. The standard InChI is InChI=1S/C31H30Cl2FN9O2/c1-16-23(20-9-17(32)10-22-24(20)21(12-36)28(37)45-22)25(33)26-27(39-16)29(42-8-6-38-19(14-42)3-5-35)41-30(40-26)44-15-31-4-2-7-43(31)13-18(34)11-31/h9-10,18-19,38H,2-4,6-8,11,13-15,37H2,1H3/t18-,19+,31?/m1/s1. The SMILES string of the molecule is Cc1nc2c(N3CCN[C@@H](CC#N)C3)nc(OCC34CCCN3C[C@H](F)C4)nc2c(Cl)c1-c1cc(Cl)cc2oc(N)c(C#N)c12. The van der Waals surface area contributed by atoms with E-state index in [1.807, 2.05) is 6.92 Å². The van der Waals surface area contributed by atoms with Crippen LogP contribution in [0.1, 0.15) is 36.9 Å². The fourth-order valence-electron chi connectivity index (χ4n) is 7.21. The van der Waals surface area contributed by atoms with E-state index in [9.17, 15) is 14.9 Å². The Morgan fingerprint density at radius 1 is 1.20 bits per heavy atom. The van der Waals surface area contributed by atoms with E-state index >= 15 is 0 Å². The van der Waals surface area contributed by atoms with Gasteiger partial charge in [0.2, 0.25) is 5.88 Å². The fourth-order valence-corrected chi connectivity index (χ4v) is 7.79. The van der Waals surface area contributed by atoms with E-state index in [4.69, 9.17) is 53.0 Å². The Labute approximate surface area is 268 Å². The molecule has 232 valence electrons. The van der Waals surface area contributed by atoms with Crippen LogP contribution in [0.25, 0.3) is 33.1 Å². The molecule has 0 spiro atoms. The lowest BCUT2D eigenvalue weighted by Gasteiger charge is -2.34. The van der Waals surface area contributed by atoms with E-state index in [1.165, 1.54) is 0 Å². The van der Waals surface area contributed by atoms with Crippen LogP contribution in [0.4, 0.5) is 16.1 Å². The van der Waals surface area contributed by atoms with Gasteiger partial charge >= 0.3 is 6.01 Å². The second kappa shape index (κ2) is 11.5. The van der Waals surface area contributed by atoms with Crippen LogP contribution in [0, 0.1) is 29.6 Å². The average molecular weight is 651 g/mol. The zero-order chi connectivity index (χ0) is 31.5. The average Bonchev–Trinajstić information content (AvgIpc) is 3.64. The number of nitrogens with zero attached hydrogens (tertiary/aromatic N) is 7. The topological polar surface area (TPSA) is 153 Å². The van der Waals surface area contributed by atoms with Gasteiger partial charge in [0, 0.05) is 66.4 Å². The Kier molecular flexibility index (Phi) is 7.57. The summed E-state index contributed by atoms with van der Waals surface area (Å²) >= 11 is 13.7. The monoisotopic (exact) mass is 649 g/mol. The van der Waals surface area contributed by atoms with Crippen molar-refractivity contribution in [3.05, 3.63) is 33.4 Å². The van der Waals surface area contributed by atoms with Crippen molar-refractivity contribution in [3.8, 4) is 29.3 Å². The number of pyridine rings is 1. The molecule has 7 rings (SSSR count). The zero-order valence-corrected chi connectivity index (χ0v) is 26.1. The van der Waals surface area contributed by atoms with Gasteiger partial charge in [-0.25, -0.2) is 9.37 Å². The molecule has 1 unspecified atom stereocenters. The fraction of sp³-hybridized carbons (Fsp3) is 0.452. The molecule has 3 aliphatic rings. The summed E-state index contributed by atoms with van der Waals surface area (Å²) in [5, 5.41) is 23.7. The first-order valence-electron chi connectivity index (χ1n) is 14.9. The van der Waals surface area contributed by atoms with Gasteiger partial charge in [0.05, 0.1) is 23.1 Å². The van der Waals surface area contributed by atoms with Gasteiger partial charge < -0.3 is 25.1 Å². The van der Waals surface area contributed by atoms with Crippen LogP contribution in [0.3, 0.4) is 0 Å². The van der Waals surface area contributed by atoms with Gasteiger partial charge in [-0.15, -0.1) is 0 Å². The minimum atomic E-state index is -0.895. The maximum absolute atomic E-state index is 14.5. The normalized spacial score (nSPS) is 23.4. The molecule has 4 aromatic rings. The van der Waals surface area contributed by atoms with Gasteiger partial charge in [0.25, 0.3) is 0 Å². The summed E-state index contributed by atoms with van der Waals surface area (Å²) in [5.41, 5.74) is 8.60. The van der Waals surface area contributed by atoms with Crippen LogP contribution < -0.4 is 20.7 Å². The van der Waals surface area contributed by atoms with E-state index in [0.29, 0.717) is 88.7 Å². The molecule has 3 saturated heterocycles. The van der Waals surface area contributed by atoms with Gasteiger partial charge in [-0.05, 0) is 37.9 Å². The van der Waals surface area contributed by atoms with Crippen LogP contribution in [0.15, 0.2) is 16.5 Å². The third kappa shape index (κ3) is 5.06. The number of nitrogen functional groups attached to an aromatic ring is 1. The molecule has 14 heteroatoms. The first kappa shape index (κ1) is 29.8. The molecule has 0 radical (unpaired) electrons. The van der Waals surface area contributed by atoms with Crippen molar-refractivity contribution in [1.29, 1.82) is 10.5 Å². The van der Waals surface area contributed by atoms with Crippen molar-refractivity contribution in [2.75, 3.05) is 50.0 Å². The van der Waals surface area contributed by atoms with E-state index in [0.717, 1.165) is 19.4 Å². The van der Waals surface area contributed by atoms with Gasteiger partial charge in [-0.2, -0.15) is 20.5 Å². The maximum atomic E-state index is 14.5. The Balaban J connectivity index is 1.39. The number of piperazine rings is 1. The number of aromatic nitrogens is 3. The number of nitriles is 2. The molecule has 1 aromatic carbocycles. The number of halogens is 3. The van der Waals surface area contributed by atoms with Crippen LogP contribution in [0.2, 0.25) is 10.0 Å². The number of nitrogens with one attached hydrogen (secondary N) is 1. The predicted molar refractivity (Wildman–Crippen MR) is 169 cm³/mol. The Morgan fingerprint density at radius 2 is 2.04 bits per heavy atom. The third-order valence-electron chi connectivity index (χ3n) is 9.20. The second-order valence-electron chi connectivity index (χ2n) is 12.0. The van der Waals surface area contributed by atoms with Crippen molar-refractivity contribution in [2.24, 2.45) is 0 Å². The molecule has 45 heavy (non-hydrogen) atoms. The summed E-state index contributed by atoms with van der Waals surface area (Å²) in [6.45, 7) is 5.09. The van der Waals surface area contributed by atoms with Gasteiger partial charge in [-0.1, -0.05) is 23.2 Å². The quantitative estimate of drug-likeness (QED) is 0.285. The number of aryl methyl sites for hydroxylation is 1. The number of hydrogen-bond donors (Lipinski definition) is 2. The van der Waals surface area contributed by atoms with Crippen molar-refractivity contribution < 1.29 is 13.5 Å². The lowest BCUT2D eigenvalue weighted by atomic mass is 9.95. The van der Waals surface area contributed by atoms with Crippen molar-refractivity contribution >= 4 is 56.9 Å². The summed E-state index contributed by atoms with van der Waals surface area (Å²) in [6.07, 6.45) is 1.67. The molecule has 11 nitrogen and oxygen atoms in total. The highest BCUT2D eigenvalue weighted by molar-refractivity contribution is 6.39. The number of anilines is 2. The molecule has 0 bridgehead atoms. The Bertz CT molecular complexity index is 1920. The van der Waals surface area contributed by atoms with Crippen molar-refractivity contribution in [3.63, 3.8) is 0 Å². The van der Waals surface area contributed by atoms with Crippen molar-refractivity contribution in [1.82, 2.24) is 25.2 Å². The summed E-state index contributed by atoms with van der Waals surface area (Å²) < 4.78 is 26.5. The van der Waals surface area contributed by atoms with E-state index in [2.05, 4.69) is 27.3 Å². The third-order valence-corrected chi connectivity index (χ3v) is 9.79. The van der Waals surface area contributed by atoms with Gasteiger partial charge in [0.1, 0.15) is 41.0 Å². The number of hydrogen-bond acceptors (Lipinski definition) is 11. The number of rotatable bonds is 6. The Morgan fingerprint density at radius 3 is 2.84 bits per heavy atom. The Hall–Kier alpha value is -3.94. The summed E-state index contributed by atoms with van der Waals surface area (Å²) in [5.74, 6) is 0.514. The van der Waals surface area contributed by atoms with E-state index < -0.39 is 11.7 Å². The first-order valence-corrected chi connectivity index (χ1v) is 15.6.